The molecule has 1 aliphatic rings. The van der Waals surface area contributed by atoms with E-state index >= 15 is 0 Å². The Hall–Kier alpha value is -1.16. The molecule has 0 spiro atoms. The summed E-state index contributed by atoms with van der Waals surface area (Å²) in [5.74, 6) is 0.999. The van der Waals surface area contributed by atoms with Crippen LogP contribution in [-0.2, 0) is 0 Å². The Bertz CT molecular complexity index is 372. The molecule has 2 rings (SSSR count). The highest BCUT2D eigenvalue weighted by Crippen LogP contribution is 2.19. The van der Waals surface area contributed by atoms with Crippen molar-refractivity contribution < 1.29 is 0 Å². The molecular weight excluding hydrogens is 194 g/mol. The molecule has 2 heterocycles. The second-order valence-electron chi connectivity index (χ2n) is 3.56. The molecule has 1 saturated heterocycles. The Morgan fingerprint density at radius 3 is 2.71 bits per heavy atom. The first-order chi connectivity index (χ1) is 6.66. The van der Waals surface area contributed by atoms with Gasteiger partial charge >= 0.3 is 0 Å². The van der Waals surface area contributed by atoms with E-state index in [2.05, 4.69) is 9.88 Å². The zero-order chi connectivity index (χ0) is 10.1. The Morgan fingerprint density at radius 1 is 1.50 bits per heavy atom. The summed E-state index contributed by atoms with van der Waals surface area (Å²) in [6.45, 7) is 4.14. The number of pyridine rings is 1. The van der Waals surface area contributed by atoms with Crippen molar-refractivity contribution in [1.82, 2.24) is 4.98 Å². The summed E-state index contributed by atoms with van der Waals surface area (Å²) >= 11 is 4.95. The molecule has 0 saturated carbocycles. The average Bonchev–Trinajstić information content (AvgIpc) is 1.99. The highest BCUT2D eigenvalue weighted by molar-refractivity contribution is 7.80. The van der Waals surface area contributed by atoms with E-state index in [-0.39, 0.29) is 0 Å². The van der Waals surface area contributed by atoms with Crippen molar-refractivity contribution in [2.75, 3.05) is 18.0 Å². The number of anilines is 1. The lowest BCUT2D eigenvalue weighted by atomic mass is 10.1. The summed E-state index contributed by atoms with van der Waals surface area (Å²) < 4.78 is 0. The average molecular weight is 207 g/mol. The van der Waals surface area contributed by atoms with Gasteiger partial charge in [0, 0.05) is 24.3 Å². The normalized spacial score (nSPS) is 15.1. The van der Waals surface area contributed by atoms with E-state index in [1.807, 2.05) is 19.1 Å². The fourth-order valence-electron chi connectivity index (χ4n) is 1.50. The van der Waals surface area contributed by atoms with Crippen LogP contribution in [0.25, 0.3) is 0 Å². The summed E-state index contributed by atoms with van der Waals surface area (Å²) in [4.78, 5) is 7.12. The van der Waals surface area contributed by atoms with E-state index in [0.29, 0.717) is 4.99 Å². The van der Waals surface area contributed by atoms with Crippen molar-refractivity contribution in [3.63, 3.8) is 0 Å². The van der Waals surface area contributed by atoms with E-state index in [9.17, 15) is 0 Å². The van der Waals surface area contributed by atoms with Gasteiger partial charge in [0.2, 0.25) is 0 Å². The fraction of sp³-hybridized carbons (Fsp3) is 0.400. The van der Waals surface area contributed by atoms with Crippen molar-refractivity contribution in [2.24, 2.45) is 5.73 Å². The van der Waals surface area contributed by atoms with Crippen LogP contribution in [0.4, 0.5) is 5.82 Å². The predicted octanol–water partition coefficient (Wildman–Crippen LogP) is 1.23. The van der Waals surface area contributed by atoms with E-state index in [4.69, 9.17) is 18.0 Å². The molecule has 1 aromatic rings. The largest absolute Gasteiger partial charge is 0.389 e. The van der Waals surface area contributed by atoms with Gasteiger partial charge in [0.15, 0.2) is 0 Å². The van der Waals surface area contributed by atoms with Crippen LogP contribution in [0.2, 0.25) is 0 Å². The SMILES string of the molecule is Cc1cc(C(N)=S)cc(N2CCC2)n1. The molecule has 14 heavy (non-hydrogen) atoms. The zero-order valence-corrected chi connectivity index (χ0v) is 8.97. The molecule has 0 radical (unpaired) electrons. The monoisotopic (exact) mass is 207 g/mol. The number of rotatable bonds is 2. The number of hydrogen-bond donors (Lipinski definition) is 1. The minimum absolute atomic E-state index is 0.442. The Labute approximate surface area is 88.9 Å². The van der Waals surface area contributed by atoms with Gasteiger partial charge in [0.05, 0.1) is 0 Å². The highest BCUT2D eigenvalue weighted by Gasteiger charge is 2.16. The van der Waals surface area contributed by atoms with Crippen LogP contribution < -0.4 is 10.6 Å². The van der Waals surface area contributed by atoms with Crippen LogP contribution in [0.3, 0.4) is 0 Å². The lowest BCUT2D eigenvalue weighted by Gasteiger charge is -2.32. The van der Waals surface area contributed by atoms with Gasteiger partial charge in [0.1, 0.15) is 10.8 Å². The molecule has 1 aromatic heterocycles. The number of nitrogens with zero attached hydrogens (tertiary/aromatic N) is 2. The van der Waals surface area contributed by atoms with Gasteiger partial charge in [-0.1, -0.05) is 12.2 Å². The second kappa shape index (κ2) is 3.53. The first-order valence-corrected chi connectivity index (χ1v) is 5.11. The summed E-state index contributed by atoms with van der Waals surface area (Å²) in [6, 6.07) is 3.89. The molecular formula is C10H13N3S. The number of hydrogen-bond acceptors (Lipinski definition) is 3. The lowest BCUT2D eigenvalue weighted by molar-refractivity contribution is 0.609. The minimum Gasteiger partial charge on any atom is -0.389 e. The zero-order valence-electron chi connectivity index (χ0n) is 8.16. The van der Waals surface area contributed by atoms with Gasteiger partial charge in [-0.15, -0.1) is 0 Å². The summed E-state index contributed by atoms with van der Waals surface area (Å²) in [5, 5.41) is 0. The third-order valence-electron chi connectivity index (χ3n) is 2.40. The van der Waals surface area contributed by atoms with Crippen molar-refractivity contribution in [3.8, 4) is 0 Å². The van der Waals surface area contributed by atoms with Crippen molar-refractivity contribution in [2.45, 2.75) is 13.3 Å². The highest BCUT2D eigenvalue weighted by atomic mass is 32.1. The molecule has 74 valence electrons. The quantitative estimate of drug-likeness (QED) is 0.741. The van der Waals surface area contributed by atoms with Gasteiger partial charge in [-0.3, -0.25) is 0 Å². The maximum atomic E-state index is 5.60. The van der Waals surface area contributed by atoms with Crippen LogP contribution in [0.1, 0.15) is 17.7 Å². The van der Waals surface area contributed by atoms with Crippen molar-refractivity contribution in [1.29, 1.82) is 0 Å². The van der Waals surface area contributed by atoms with E-state index in [1.165, 1.54) is 6.42 Å². The van der Waals surface area contributed by atoms with Gasteiger partial charge in [-0.2, -0.15) is 0 Å². The number of aryl methyl sites for hydroxylation is 1. The molecule has 0 aromatic carbocycles. The molecule has 0 atom stereocenters. The van der Waals surface area contributed by atoms with Crippen LogP contribution in [0.15, 0.2) is 12.1 Å². The van der Waals surface area contributed by atoms with Crippen molar-refractivity contribution >= 4 is 23.0 Å². The summed E-state index contributed by atoms with van der Waals surface area (Å²) in [7, 11) is 0. The second-order valence-corrected chi connectivity index (χ2v) is 4.00. The van der Waals surface area contributed by atoms with E-state index in [0.717, 1.165) is 30.2 Å². The third-order valence-corrected chi connectivity index (χ3v) is 2.64. The van der Waals surface area contributed by atoms with Crippen LogP contribution in [0, 0.1) is 6.92 Å². The maximum Gasteiger partial charge on any atom is 0.129 e. The number of thiocarbonyl (C=S) groups is 1. The summed E-state index contributed by atoms with van der Waals surface area (Å²) in [6.07, 6.45) is 1.25. The number of aromatic nitrogens is 1. The molecule has 0 bridgehead atoms. The van der Waals surface area contributed by atoms with Crippen LogP contribution in [-0.4, -0.2) is 23.1 Å². The molecule has 1 fully saturated rings. The first-order valence-electron chi connectivity index (χ1n) is 4.70. The molecule has 0 unspecified atom stereocenters. The Morgan fingerprint density at radius 2 is 2.21 bits per heavy atom. The molecule has 2 N–H and O–H groups in total. The molecule has 0 aliphatic carbocycles. The van der Waals surface area contributed by atoms with E-state index < -0.39 is 0 Å². The third kappa shape index (κ3) is 1.70. The predicted molar refractivity (Wildman–Crippen MR) is 61.7 cm³/mol. The van der Waals surface area contributed by atoms with Gasteiger partial charge in [0.25, 0.3) is 0 Å². The smallest absolute Gasteiger partial charge is 0.129 e. The fourth-order valence-corrected chi connectivity index (χ4v) is 1.62. The standard InChI is InChI=1S/C10H13N3S/c1-7-5-8(10(11)14)6-9(12-7)13-3-2-4-13/h5-6H,2-4H2,1H3,(H2,11,14). The Balaban J connectivity index is 2.35. The number of nitrogens with two attached hydrogens (primary N) is 1. The molecule has 1 aliphatic heterocycles. The maximum absolute atomic E-state index is 5.60. The lowest BCUT2D eigenvalue weighted by Crippen LogP contribution is -2.37. The van der Waals surface area contributed by atoms with E-state index in [1.54, 1.807) is 0 Å². The molecule has 3 nitrogen and oxygen atoms in total. The van der Waals surface area contributed by atoms with Gasteiger partial charge in [-0.25, -0.2) is 4.98 Å². The molecule has 0 amide bonds. The minimum atomic E-state index is 0.442. The first kappa shape index (κ1) is 9.40. The van der Waals surface area contributed by atoms with Crippen LogP contribution >= 0.6 is 12.2 Å². The topological polar surface area (TPSA) is 42.1 Å². The van der Waals surface area contributed by atoms with Crippen molar-refractivity contribution in [3.05, 3.63) is 23.4 Å². The molecule has 4 heteroatoms. The van der Waals surface area contributed by atoms with Crippen LogP contribution in [0.5, 0.6) is 0 Å². The van der Waals surface area contributed by atoms with Gasteiger partial charge in [-0.05, 0) is 25.5 Å². The Kier molecular flexibility index (Phi) is 2.37. The van der Waals surface area contributed by atoms with Gasteiger partial charge < -0.3 is 10.6 Å². The summed E-state index contributed by atoms with van der Waals surface area (Å²) in [5.41, 5.74) is 7.48.